The van der Waals surface area contributed by atoms with Gasteiger partial charge in [-0.05, 0) is 12.8 Å². The third-order valence-electron chi connectivity index (χ3n) is 3.86. The van der Waals surface area contributed by atoms with Crippen LogP contribution < -0.4 is 0 Å². The lowest BCUT2D eigenvalue weighted by atomic mass is 10.1. The van der Waals surface area contributed by atoms with Gasteiger partial charge >= 0.3 is 5.97 Å². The van der Waals surface area contributed by atoms with Crippen LogP contribution in [0.25, 0.3) is 0 Å². The van der Waals surface area contributed by atoms with Gasteiger partial charge in [0.15, 0.2) is 0 Å². The first kappa shape index (κ1) is 22.1. The number of rotatable bonds is 16. The highest BCUT2D eigenvalue weighted by Crippen LogP contribution is 2.12. The summed E-state index contributed by atoms with van der Waals surface area (Å²) in [5, 5.41) is 17.6. The second-order valence-corrected chi connectivity index (χ2v) is 6.19. The van der Waals surface area contributed by atoms with Crippen LogP contribution in [0.4, 0.5) is 0 Å². The molecule has 0 heterocycles. The number of aliphatic hydroxyl groups excluding tert-OH is 2. The summed E-state index contributed by atoms with van der Waals surface area (Å²) >= 11 is 0. The molecule has 1 atom stereocenters. The molecule has 0 fully saturated rings. The predicted octanol–water partition coefficient (Wildman–Crippen LogP) is 4.14. The highest BCUT2D eigenvalue weighted by Gasteiger charge is 2.04. The van der Waals surface area contributed by atoms with Crippen molar-refractivity contribution in [1.82, 2.24) is 0 Å². The zero-order valence-corrected chi connectivity index (χ0v) is 14.8. The first-order chi connectivity index (χ1) is 11.2. The van der Waals surface area contributed by atoms with Crippen molar-refractivity contribution >= 4 is 5.97 Å². The van der Waals surface area contributed by atoms with E-state index in [4.69, 9.17) is 14.9 Å². The first-order valence-electron chi connectivity index (χ1n) is 9.33. The van der Waals surface area contributed by atoms with Crippen LogP contribution in [0.5, 0.6) is 0 Å². The Bertz CT molecular complexity index is 289. The van der Waals surface area contributed by atoms with Gasteiger partial charge < -0.3 is 14.9 Å². The maximum atomic E-state index is 11.3. The first-order valence-corrected chi connectivity index (χ1v) is 9.33. The molecule has 0 spiro atoms. The molecule has 136 valence electrons. The molecule has 0 unspecified atom stereocenters. The van der Waals surface area contributed by atoms with Crippen LogP contribution in [0.3, 0.4) is 0 Å². The fourth-order valence-corrected chi connectivity index (χ4v) is 2.39. The summed E-state index contributed by atoms with van der Waals surface area (Å²) in [6, 6.07) is 0. The fourth-order valence-electron chi connectivity index (χ4n) is 2.39. The maximum absolute atomic E-state index is 11.3. The van der Waals surface area contributed by atoms with Gasteiger partial charge in [0.25, 0.3) is 0 Å². The summed E-state index contributed by atoms with van der Waals surface area (Å²) in [6.45, 7) is 1.70. The average Bonchev–Trinajstić information content (AvgIpc) is 2.56. The minimum atomic E-state index is -0.987. The Morgan fingerprint density at radius 1 is 0.957 bits per heavy atom. The topological polar surface area (TPSA) is 66.8 Å². The van der Waals surface area contributed by atoms with Crippen molar-refractivity contribution in [2.24, 2.45) is 0 Å². The van der Waals surface area contributed by atoms with E-state index in [2.05, 4.69) is 6.92 Å². The van der Waals surface area contributed by atoms with E-state index < -0.39 is 18.7 Å². The van der Waals surface area contributed by atoms with Gasteiger partial charge in [-0.3, -0.25) is 0 Å². The number of ether oxygens (including phenoxy) is 1. The summed E-state index contributed by atoms with van der Waals surface area (Å²) in [5.41, 5.74) is 0. The zero-order chi connectivity index (χ0) is 17.2. The normalized spacial score (nSPS) is 12.7. The van der Waals surface area contributed by atoms with Crippen LogP contribution in [-0.2, 0) is 9.53 Å². The monoisotopic (exact) mass is 328 g/mol. The van der Waals surface area contributed by atoms with Crippen molar-refractivity contribution in [2.45, 2.75) is 90.1 Å². The molecule has 0 aromatic carbocycles. The number of unbranched alkanes of at least 4 members (excludes halogenated alkanes) is 11. The van der Waals surface area contributed by atoms with Crippen LogP contribution in [0.2, 0.25) is 0 Å². The zero-order valence-electron chi connectivity index (χ0n) is 14.8. The number of carbonyl (C=O) groups is 1. The number of esters is 1. The number of hydrogen-bond acceptors (Lipinski definition) is 4. The maximum Gasteiger partial charge on any atom is 0.330 e. The third kappa shape index (κ3) is 17.3. The lowest BCUT2D eigenvalue weighted by Crippen LogP contribution is -2.21. The molecule has 0 radical (unpaired) electrons. The molecule has 0 aromatic rings. The van der Waals surface area contributed by atoms with Gasteiger partial charge in [0.2, 0.25) is 0 Å². The van der Waals surface area contributed by atoms with Crippen LogP contribution in [0, 0.1) is 0 Å². The Morgan fingerprint density at radius 2 is 1.48 bits per heavy atom. The van der Waals surface area contributed by atoms with E-state index in [1.165, 1.54) is 70.3 Å². The van der Waals surface area contributed by atoms with Crippen LogP contribution in [0.1, 0.15) is 84.0 Å². The van der Waals surface area contributed by atoms with Crippen LogP contribution in [-0.4, -0.2) is 35.5 Å². The van der Waals surface area contributed by atoms with E-state index in [1.807, 2.05) is 6.08 Å². The van der Waals surface area contributed by atoms with Crippen molar-refractivity contribution < 1.29 is 19.7 Å². The lowest BCUT2D eigenvalue weighted by molar-refractivity contribution is -0.141. The van der Waals surface area contributed by atoms with E-state index in [1.54, 1.807) is 0 Å². The van der Waals surface area contributed by atoms with Gasteiger partial charge in [0.1, 0.15) is 12.7 Å². The Labute approximate surface area is 141 Å². The van der Waals surface area contributed by atoms with Crippen molar-refractivity contribution in [1.29, 1.82) is 0 Å². The molecular weight excluding hydrogens is 292 g/mol. The van der Waals surface area contributed by atoms with E-state index in [-0.39, 0.29) is 6.61 Å². The van der Waals surface area contributed by atoms with Gasteiger partial charge in [-0.15, -0.1) is 0 Å². The smallest absolute Gasteiger partial charge is 0.330 e. The highest BCUT2D eigenvalue weighted by atomic mass is 16.5. The third-order valence-corrected chi connectivity index (χ3v) is 3.86. The SMILES string of the molecule is CCCCCCCCCCCCCC=CC(=O)OC[C@H](O)CO. The Hall–Kier alpha value is -0.870. The van der Waals surface area contributed by atoms with Crippen LogP contribution in [0.15, 0.2) is 12.2 Å². The molecule has 23 heavy (non-hydrogen) atoms. The summed E-state index contributed by atoms with van der Waals surface area (Å²) in [7, 11) is 0. The van der Waals surface area contributed by atoms with Gasteiger partial charge in [-0.1, -0.05) is 77.2 Å². The van der Waals surface area contributed by atoms with Gasteiger partial charge in [-0.2, -0.15) is 0 Å². The molecule has 0 aliphatic carbocycles. The summed E-state index contributed by atoms with van der Waals surface area (Å²) in [6.07, 6.45) is 17.6. The molecule has 4 heteroatoms. The molecule has 0 amide bonds. The Balaban J connectivity index is 3.26. The number of aliphatic hydroxyl groups is 2. The van der Waals surface area contributed by atoms with E-state index in [9.17, 15) is 4.79 Å². The second kappa shape index (κ2) is 17.5. The second-order valence-electron chi connectivity index (χ2n) is 6.19. The molecular formula is C19H36O4. The fraction of sp³-hybridized carbons (Fsp3) is 0.842. The van der Waals surface area contributed by atoms with Crippen molar-refractivity contribution in [3.63, 3.8) is 0 Å². The molecule has 2 N–H and O–H groups in total. The molecule has 0 bridgehead atoms. The standard InChI is InChI=1S/C19H36O4/c1-2-3-4-5-6-7-8-9-10-11-12-13-14-15-19(22)23-17-18(21)16-20/h14-15,18,20-21H,2-13,16-17H2,1H3/t18-/m1/s1. The minimum Gasteiger partial charge on any atom is -0.460 e. The van der Waals surface area contributed by atoms with E-state index >= 15 is 0 Å². The summed E-state index contributed by atoms with van der Waals surface area (Å²) in [5.74, 6) is -0.458. The van der Waals surface area contributed by atoms with Crippen molar-refractivity contribution in [3.05, 3.63) is 12.2 Å². The van der Waals surface area contributed by atoms with E-state index in [0.29, 0.717) is 0 Å². The largest absolute Gasteiger partial charge is 0.460 e. The molecule has 0 aromatic heterocycles. The van der Waals surface area contributed by atoms with Crippen molar-refractivity contribution in [3.8, 4) is 0 Å². The van der Waals surface area contributed by atoms with Gasteiger partial charge in [0.05, 0.1) is 6.61 Å². The molecule has 0 rings (SSSR count). The average molecular weight is 328 g/mol. The Kier molecular flexibility index (Phi) is 16.8. The molecule has 4 nitrogen and oxygen atoms in total. The molecule has 0 aliphatic rings. The van der Waals surface area contributed by atoms with Gasteiger partial charge in [0, 0.05) is 6.08 Å². The lowest BCUT2D eigenvalue weighted by Gasteiger charge is -2.06. The molecule has 0 saturated carbocycles. The van der Waals surface area contributed by atoms with E-state index in [0.717, 1.165) is 12.8 Å². The summed E-state index contributed by atoms with van der Waals surface area (Å²) < 4.78 is 4.77. The number of hydrogen-bond donors (Lipinski definition) is 2. The summed E-state index contributed by atoms with van der Waals surface area (Å²) in [4.78, 5) is 11.3. The molecule has 0 saturated heterocycles. The number of allylic oxidation sites excluding steroid dienone is 1. The quantitative estimate of drug-likeness (QED) is 0.254. The van der Waals surface area contributed by atoms with Crippen LogP contribution >= 0.6 is 0 Å². The number of carbonyl (C=O) groups excluding carboxylic acids is 1. The van der Waals surface area contributed by atoms with Gasteiger partial charge in [-0.25, -0.2) is 4.79 Å². The Morgan fingerprint density at radius 3 is 2.00 bits per heavy atom. The van der Waals surface area contributed by atoms with Crippen molar-refractivity contribution in [2.75, 3.05) is 13.2 Å². The molecule has 0 aliphatic heterocycles. The highest BCUT2D eigenvalue weighted by molar-refractivity contribution is 5.81. The predicted molar refractivity (Wildman–Crippen MR) is 94.3 cm³/mol. The minimum absolute atomic E-state index is 0.155.